The molecule has 0 spiro atoms. The van der Waals surface area contributed by atoms with Gasteiger partial charge in [-0.05, 0) is 29.7 Å². The predicted molar refractivity (Wildman–Crippen MR) is 63.8 cm³/mol. The van der Waals surface area contributed by atoms with Crippen LogP contribution in [-0.2, 0) is 6.54 Å². The largest absolute Gasteiger partial charge is 0.380 e. The number of hydrogen-bond acceptors (Lipinski definition) is 4. The third-order valence-corrected chi connectivity index (χ3v) is 3.17. The summed E-state index contributed by atoms with van der Waals surface area (Å²) in [5, 5.41) is 1.81. The van der Waals surface area contributed by atoms with Crippen molar-refractivity contribution in [2.45, 2.75) is 6.54 Å². The van der Waals surface area contributed by atoms with E-state index in [-0.39, 0.29) is 0 Å². The minimum absolute atomic E-state index is 0.747. The van der Waals surface area contributed by atoms with Crippen LogP contribution in [-0.4, -0.2) is 9.44 Å². The Kier molecular flexibility index (Phi) is 2.34. The van der Waals surface area contributed by atoms with E-state index in [1.54, 1.807) is 0 Å². The third kappa shape index (κ3) is 1.79. The van der Waals surface area contributed by atoms with Crippen LogP contribution >= 0.6 is 11.5 Å². The van der Waals surface area contributed by atoms with Gasteiger partial charge in [0.05, 0.1) is 11.4 Å². The maximum Gasteiger partial charge on any atom is 0.155 e. The summed E-state index contributed by atoms with van der Waals surface area (Å²) in [6, 6.07) is 9.77. The molecule has 2 heterocycles. The standard InChI is InChI=1S/C12H10N2OS/c1-2-4-11(5-3-1)15-14-7-6-12-10(9-14)8-13-16-12/h1-8H,9H2. The second-order valence-corrected chi connectivity index (χ2v) is 4.34. The number of para-hydroxylation sites is 1. The van der Waals surface area contributed by atoms with Crippen molar-refractivity contribution in [3.8, 4) is 5.75 Å². The highest BCUT2D eigenvalue weighted by Crippen LogP contribution is 2.23. The van der Waals surface area contributed by atoms with Gasteiger partial charge in [-0.25, -0.2) is 9.44 Å². The highest BCUT2D eigenvalue weighted by atomic mass is 32.1. The fourth-order valence-corrected chi connectivity index (χ4v) is 2.23. The molecule has 0 radical (unpaired) electrons. The van der Waals surface area contributed by atoms with E-state index in [9.17, 15) is 0 Å². The summed E-state index contributed by atoms with van der Waals surface area (Å²) in [5.41, 5.74) is 1.21. The SMILES string of the molecule is C1=CN(Oc2ccccc2)Cc2cnsc21. The van der Waals surface area contributed by atoms with E-state index in [0.29, 0.717) is 0 Å². The number of benzene rings is 1. The normalized spacial score (nSPS) is 13.6. The van der Waals surface area contributed by atoms with Gasteiger partial charge < -0.3 is 4.84 Å². The van der Waals surface area contributed by atoms with Gasteiger partial charge >= 0.3 is 0 Å². The van der Waals surface area contributed by atoms with Crippen molar-refractivity contribution in [3.05, 3.63) is 53.2 Å². The molecule has 1 aromatic heterocycles. The van der Waals surface area contributed by atoms with Crippen molar-refractivity contribution in [3.63, 3.8) is 0 Å². The molecule has 0 unspecified atom stereocenters. The number of fused-ring (bicyclic) bond motifs is 1. The summed E-state index contributed by atoms with van der Waals surface area (Å²) in [6.45, 7) is 0.747. The minimum atomic E-state index is 0.747. The molecule has 3 rings (SSSR count). The summed E-state index contributed by atoms with van der Waals surface area (Å²) in [4.78, 5) is 6.92. The van der Waals surface area contributed by atoms with Crippen LogP contribution in [0.3, 0.4) is 0 Å². The molecule has 0 amide bonds. The van der Waals surface area contributed by atoms with Gasteiger partial charge in [0.1, 0.15) is 0 Å². The Balaban J connectivity index is 1.75. The summed E-state index contributed by atoms with van der Waals surface area (Å²) < 4.78 is 4.15. The van der Waals surface area contributed by atoms with Crippen molar-refractivity contribution < 1.29 is 4.84 Å². The second kappa shape index (κ2) is 3.98. The Morgan fingerprint density at radius 3 is 3.00 bits per heavy atom. The van der Waals surface area contributed by atoms with Gasteiger partial charge in [0, 0.05) is 18.0 Å². The molecule has 0 aliphatic carbocycles. The van der Waals surface area contributed by atoms with Gasteiger partial charge in [0.25, 0.3) is 0 Å². The third-order valence-electron chi connectivity index (χ3n) is 2.36. The molecule has 0 N–H and O–H groups in total. The van der Waals surface area contributed by atoms with Crippen LogP contribution in [0, 0.1) is 0 Å². The summed E-state index contributed by atoms with van der Waals surface area (Å²) in [5.74, 6) is 0.846. The highest BCUT2D eigenvalue weighted by Gasteiger charge is 2.13. The first-order valence-electron chi connectivity index (χ1n) is 5.03. The Morgan fingerprint density at radius 1 is 1.25 bits per heavy atom. The number of rotatable bonds is 2. The molecule has 2 aromatic rings. The molecule has 1 aliphatic rings. The second-order valence-electron chi connectivity index (χ2n) is 3.51. The molecule has 1 aromatic carbocycles. The zero-order chi connectivity index (χ0) is 10.8. The molecule has 1 aliphatic heterocycles. The first kappa shape index (κ1) is 9.42. The molecular weight excluding hydrogens is 220 g/mol. The zero-order valence-electron chi connectivity index (χ0n) is 8.54. The topological polar surface area (TPSA) is 25.4 Å². The van der Waals surface area contributed by atoms with Crippen molar-refractivity contribution in [1.29, 1.82) is 0 Å². The van der Waals surface area contributed by atoms with Gasteiger partial charge in [0.15, 0.2) is 5.75 Å². The molecule has 0 saturated carbocycles. The molecule has 3 nitrogen and oxygen atoms in total. The Bertz CT molecular complexity index is 507. The van der Waals surface area contributed by atoms with Crippen molar-refractivity contribution in [1.82, 2.24) is 9.44 Å². The van der Waals surface area contributed by atoms with E-state index in [1.807, 2.05) is 53.9 Å². The Morgan fingerprint density at radius 2 is 2.12 bits per heavy atom. The maximum atomic E-state index is 5.70. The van der Waals surface area contributed by atoms with Crippen LogP contribution in [0.25, 0.3) is 6.08 Å². The van der Waals surface area contributed by atoms with E-state index in [1.165, 1.54) is 22.0 Å². The lowest BCUT2D eigenvalue weighted by Crippen LogP contribution is -2.22. The summed E-state index contributed by atoms with van der Waals surface area (Å²) in [7, 11) is 0. The average molecular weight is 230 g/mol. The van der Waals surface area contributed by atoms with E-state index in [4.69, 9.17) is 4.84 Å². The molecule has 0 fully saturated rings. The highest BCUT2D eigenvalue weighted by molar-refractivity contribution is 7.06. The Labute approximate surface area is 97.7 Å². The van der Waals surface area contributed by atoms with Gasteiger partial charge in [-0.15, -0.1) is 0 Å². The quantitative estimate of drug-likeness (QED) is 0.793. The van der Waals surface area contributed by atoms with Gasteiger partial charge in [-0.1, -0.05) is 18.2 Å². The smallest absolute Gasteiger partial charge is 0.155 e. The van der Waals surface area contributed by atoms with E-state index >= 15 is 0 Å². The molecule has 0 saturated heterocycles. The fraction of sp³-hybridized carbons (Fsp3) is 0.0833. The molecular formula is C12H10N2OS. The number of hydroxylamine groups is 2. The van der Waals surface area contributed by atoms with Crippen LogP contribution in [0.5, 0.6) is 5.75 Å². The molecule has 0 atom stereocenters. The molecule has 4 heteroatoms. The van der Waals surface area contributed by atoms with Crippen LogP contribution in [0.15, 0.2) is 42.7 Å². The number of aromatic nitrogens is 1. The first-order chi connectivity index (χ1) is 7.92. The van der Waals surface area contributed by atoms with Crippen molar-refractivity contribution in [2.24, 2.45) is 0 Å². The monoisotopic (exact) mass is 230 g/mol. The first-order valence-corrected chi connectivity index (χ1v) is 5.80. The van der Waals surface area contributed by atoms with E-state index in [2.05, 4.69) is 4.37 Å². The molecule has 0 bridgehead atoms. The van der Waals surface area contributed by atoms with Crippen LogP contribution in [0.1, 0.15) is 10.4 Å². The van der Waals surface area contributed by atoms with E-state index < -0.39 is 0 Å². The number of nitrogens with zero attached hydrogens (tertiary/aromatic N) is 2. The minimum Gasteiger partial charge on any atom is -0.380 e. The lowest BCUT2D eigenvalue weighted by Gasteiger charge is -2.22. The van der Waals surface area contributed by atoms with Gasteiger partial charge in [-0.2, -0.15) is 0 Å². The molecule has 80 valence electrons. The van der Waals surface area contributed by atoms with Gasteiger partial charge in [-0.3, -0.25) is 0 Å². The predicted octanol–water partition coefficient (Wildman–Crippen LogP) is 2.92. The maximum absolute atomic E-state index is 5.70. The van der Waals surface area contributed by atoms with Crippen molar-refractivity contribution >= 4 is 17.6 Å². The van der Waals surface area contributed by atoms with Crippen LogP contribution in [0.4, 0.5) is 0 Å². The fourth-order valence-electron chi connectivity index (χ4n) is 1.58. The number of hydrogen-bond donors (Lipinski definition) is 0. The van der Waals surface area contributed by atoms with Crippen molar-refractivity contribution in [2.75, 3.05) is 0 Å². The Hall–Kier alpha value is -1.81. The van der Waals surface area contributed by atoms with E-state index in [0.717, 1.165) is 12.3 Å². The van der Waals surface area contributed by atoms with Crippen LogP contribution < -0.4 is 4.84 Å². The molecule has 16 heavy (non-hydrogen) atoms. The lowest BCUT2D eigenvalue weighted by atomic mass is 10.2. The average Bonchev–Trinajstić information content (AvgIpc) is 2.77. The summed E-state index contributed by atoms with van der Waals surface area (Å²) >= 11 is 1.51. The van der Waals surface area contributed by atoms with Crippen LogP contribution in [0.2, 0.25) is 0 Å². The zero-order valence-corrected chi connectivity index (χ0v) is 9.35. The summed E-state index contributed by atoms with van der Waals surface area (Å²) in [6.07, 6.45) is 5.86. The van der Waals surface area contributed by atoms with Gasteiger partial charge in [0.2, 0.25) is 0 Å². The lowest BCUT2D eigenvalue weighted by molar-refractivity contribution is -0.0160.